The third-order valence-electron chi connectivity index (χ3n) is 7.47. The molecule has 12 heteroatoms. The first-order chi connectivity index (χ1) is 19.4. The fourth-order valence-corrected chi connectivity index (χ4v) is 5.15. The summed E-state index contributed by atoms with van der Waals surface area (Å²) in [5.74, 6) is -0.986. The second-order valence-electron chi connectivity index (χ2n) is 10.4. The Morgan fingerprint density at radius 3 is 2.32 bits per heavy atom. The zero-order chi connectivity index (χ0) is 29.4. The highest BCUT2D eigenvalue weighted by molar-refractivity contribution is 5.87. The van der Waals surface area contributed by atoms with Crippen LogP contribution in [0.25, 0.3) is 17.3 Å². The van der Waals surface area contributed by atoms with E-state index in [9.17, 15) is 31.1 Å². The van der Waals surface area contributed by atoms with Crippen molar-refractivity contribution in [2.75, 3.05) is 6.61 Å². The molecule has 0 radical (unpaired) electrons. The Morgan fingerprint density at radius 1 is 1.00 bits per heavy atom. The maximum Gasteiger partial charge on any atom is 0.418 e. The fourth-order valence-electron chi connectivity index (χ4n) is 5.15. The molecule has 218 valence electrons. The van der Waals surface area contributed by atoms with Gasteiger partial charge in [-0.05, 0) is 62.5 Å². The number of hydrogen-bond acceptors (Lipinski definition) is 5. The molecule has 2 saturated carbocycles. The lowest BCUT2D eigenvalue weighted by molar-refractivity contribution is -0.138. The van der Waals surface area contributed by atoms with Gasteiger partial charge in [-0.2, -0.15) is 26.3 Å². The number of aromatic carboxylic acids is 1. The molecule has 2 aliphatic rings. The van der Waals surface area contributed by atoms with Crippen LogP contribution in [0.1, 0.15) is 77.4 Å². The van der Waals surface area contributed by atoms with E-state index in [1.807, 2.05) is 12.2 Å². The molecule has 0 atom stereocenters. The van der Waals surface area contributed by atoms with Gasteiger partial charge in [-0.15, -0.1) is 0 Å². The summed E-state index contributed by atoms with van der Waals surface area (Å²) in [6, 6.07) is 5.94. The van der Waals surface area contributed by atoms with Gasteiger partial charge in [0.15, 0.2) is 5.69 Å². The van der Waals surface area contributed by atoms with Crippen molar-refractivity contribution in [2.45, 2.75) is 56.8 Å². The summed E-state index contributed by atoms with van der Waals surface area (Å²) in [6.45, 7) is 0.150. The summed E-state index contributed by atoms with van der Waals surface area (Å²) >= 11 is 0. The van der Waals surface area contributed by atoms with E-state index in [1.165, 1.54) is 18.2 Å². The molecule has 2 fully saturated rings. The number of ether oxygens (including phenoxy) is 1. The van der Waals surface area contributed by atoms with Crippen LogP contribution in [-0.4, -0.2) is 27.8 Å². The van der Waals surface area contributed by atoms with E-state index in [2.05, 4.69) is 10.1 Å². The van der Waals surface area contributed by atoms with E-state index in [4.69, 9.17) is 14.4 Å². The van der Waals surface area contributed by atoms with Gasteiger partial charge in [-0.1, -0.05) is 35.5 Å². The average Bonchev–Trinajstić information content (AvgIpc) is 3.69. The molecule has 2 aromatic heterocycles. The fraction of sp³-hybridized carbons (Fsp3) is 0.414. The molecule has 0 unspecified atom stereocenters. The van der Waals surface area contributed by atoms with Gasteiger partial charge in [-0.3, -0.25) is 0 Å². The summed E-state index contributed by atoms with van der Waals surface area (Å²) in [4.78, 5) is 14.5. The van der Waals surface area contributed by atoms with Crippen LogP contribution < -0.4 is 4.74 Å². The van der Waals surface area contributed by atoms with Crippen molar-refractivity contribution in [1.29, 1.82) is 0 Å². The lowest BCUT2D eigenvalue weighted by Gasteiger charge is -2.26. The zero-order valence-electron chi connectivity index (χ0n) is 21.6. The van der Waals surface area contributed by atoms with Crippen molar-refractivity contribution in [2.24, 2.45) is 11.8 Å². The Kier molecular flexibility index (Phi) is 7.85. The molecule has 41 heavy (non-hydrogen) atoms. The first-order valence-electron chi connectivity index (χ1n) is 13.2. The van der Waals surface area contributed by atoms with Crippen LogP contribution in [0, 0.1) is 11.8 Å². The van der Waals surface area contributed by atoms with Gasteiger partial charge in [-0.25, -0.2) is 9.78 Å². The molecule has 3 aromatic rings. The van der Waals surface area contributed by atoms with Crippen LogP contribution in [0.3, 0.4) is 0 Å². The van der Waals surface area contributed by atoms with Gasteiger partial charge in [0.1, 0.15) is 17.2 Å². The van der Waals surface area contributed by atoms with Gasteiger partial charge in [0, 0.05) is 17.0 Å². The van der Waals surface area contributed by atoms with Crippen LogP contribution in [0.2, 0.25) is 0 Å². The predicted octanol–water partition coefficient (Wildman–Crippen LogP) is 8.25. The second kappa shape index (κ2) is 11.2. The highest BCUT2D eigenvalue weighted by atomic mass is 19.4. The van der Waals surface area contributed by atoms with E-state index in [0.29, 0.717) is 17.4 Å². The van der Waals surface area contributed by atoms with Crippen molar-refractivity contribution < 1.29 is 45.5 Å². The molecule has 1 N–H and O–H groups in total. The molecule has 0 spiro atoms. The number of carboxylic acids is 1. The Morgan fingerprint density at radius 2 is 1.68 bits per heavy atom. The Balaban J connectivity index is 1.24. The van der Waals surface area contributed by atoms with Crippen LogP contribution in [-0.2, 0) is 12.4 Å². The summed E-state index contributed by atoms with van der Waals surface area (Å²) in [7, 11) is 0. The monoisotopic (exact) mass is 580 g/mol. The van der Waals surface area contributed by atoms with Gasteiger partial charge in [0.05, 0.1) is 23.9 Å². The van der Waals surface area contributed by atoms with Crippen LogP contribution in [0.5, 0.6) is 5.75 Å². The number of rotatable bonds is 8. The second-order valence-corrected chi connectivity index (χ2v) is 10.4. The SMILES string of the molecule is O=C(O)c1ncc(OCC2CCC(/C=C/c3c(-c4ccccc4C(F)(F)F)noc3C3CC3)CC2)cc1C(F)(F)F. The molecule has 0 saturated heterocycles. The molecule has 0 amide bonds. The number of benzene rings is 1. The molecule has 1 aromatic carbocycles. The molecule has 5 rings (SSSR count). The summed E-state index contributed by atoms with van der Waals surface area (Å²) in [5.41, 5.74) is -2.53. The van der Waals surface area contributed by atoms with Crippen molar-refractivity contribution in [3.63, 3.8) is 0 Å². The van der Waals surface area contributed by atoms with Gasteiger partial charge >= 0.3 is 18.3 Å². The quantitative estimate of drug-likeness (QED) is 0.270. The molecular formula is C29H26F6N2O4. The normalized spacial score (nSPS) is 20.0. The number of hydrogen-bond donors (Lipinski definition) is 1. The predicted molar refractivity (Wildman–Crippen MR) is 135 cm³/mol. The summed E-state index contributed by atoms with van der Waals surface area (Å²) in [5, 5.41) is 13.0. The minimum absolute atomic E-state index is 0.0317. The molecule has 0 bridgehead atoms. The lowest BCUT2D eigenvalue weighted by atomic mass is 9.82. The summed E-state index contributed by atoms with van der Waals surface area (Å²) < 4.78 is 91.8. The third kappa shape index (κ3) is 6.57. The number of alkyl halides is 6. The molecular weight excluding hydrogens is 554 g/mol. The van der Waals surface area contributed by atoms with Crippen molar-refractivity contribution in [3.8, 4) is 17.0 Å². The first-order valence-corrected chi connectivity index (χ1v) is 13.2. The highest BCUT2D eigenvalue weighted by Crippen LogP contribution is 2.46. The molecule has 2 aliphatic carbocycles. The largest absolute Gasteiger partial charge is 0.492 e. The van der Waals surface area contributed by atoms with E-state index in [-0.39, 0.29) is 41.4 Å². The minimum atomic E-state index is -4.89. The smallest absolute Gasteiger partial charge is 0.418 e. The molecule has 0 aliphatic heterocycles. The van der Waals surface area contributed by atoms with Crippen molar-refractivity contribution in [3.05, 3.63) is 70.7 Å². The topological polar surface area (TPSA) is 85.5 Å². The summed E-state index contributed by atoms with van der Waals surface area (Å²) in [6.07, 6.45) is 0.0681. The number of allylic oxidation sites excluding steroid dienone is 1. The van der Waals surface area contributed by atoms with Crippen LogP contribution >= 0.6 is 0 Å². The Hall–Kier alpha value is -3.83. The maximum atomic E-state index is 13.7. The Labute approximate surface area is 231 Å². The number of halogens is 6. The maximum absolute atomic E-state index is 13.7. The van der Waals surface area contributed by atoms with Crippen LogP contribution in [0.15, 0.2) is 47.1 Å². The van der Waals surface area contributed by atoms with Crippen molar-refractivity contribution >= 4 is 12.0 Å². The zero-order valence-corrected chi connectivity index (χ0v) is 21.6. The van der Waals surface area contributed by atoms with Crippen LogP contribution in [0.4, 0.5) is 26.3 Å². The Bertz CT molecular complexity index is 1430. The lowest BCUT2D eigenvalue weighted by Crippen LogP contribution is -2.20. The number of nitrogens with zero attached hydrogens (tertiary/aromatic N) is 2. The van der Waals surface area contributed by atoms with E-state index in [1.54, 1.807) is 0 Å². The third-order valence-corrected chi connectivity index (χ3v) is 7.47. The molecule has 6 nitrogen and oxygen atoms in total. The van der Waals surface area contributed by atoms with E-state index < -0.39 is 35.1 Å². The average molecular weight is 581 g/mol. The number of carboxylic acid groups (broad SMARTS) is 1. The van der Waals surface area contributed by atoms with Gasteiger partial charge in [0.25, 0.3) is 0 Å². The van der Waals surface area contributed by atoms with E-state index >= 15 is 0 Å². The highest BCUT2D eigenvalue weighted by Gasteiger charge is 2.38. The first kappa shape index (κ1) is 28.7. The van der Waals surface area contributed by atoms with Gasteiger partial charge in [0.2, 0.25) is 0 Å². The number of aromatic nitrogens is 2. The van der Waals surface area contributed by atoms with E-state index in [0.717, 1.165) is 50.8 Å². The molecule has 2 heterocycles. The minimum Gasteiger partial charge on any atom is -0.492 e. The number of pyridine rings is 1. The van der Waals surface area contributed by atoms with Crippen molar-refractivity contribution in [1.82, 2.24) is 10.1 Å². The number of carbonyl (C=O) groups is 1. The standard InChI is InChI=1S/C29H26F6N2O4/c30-28(31,32)22-4-2-1-3-20(22)24-21(26(41-37-24)18-10-11-18)12-9-16-5-7-17(8-6-16)15-40-19-13-23(29(33,34)35)25(27(38)39)36-14-19/h1-4,9,12-14,16-18H,5-8,10-11,15H2,(H,38,39)/b12-9+. The van der Waals surface area contributed by atoms with Gasteiger partial charge < -0.3 is 14.4 Å².